The Labute approximate surface area is 123 Å². The minimum atomic E-state index is -1.00. The first-order valence-corrected chi connectivity index (χ1v) is 6.62. The van der Waals surface area contributed by atoms with E-state index in [4.69, 9.17) is 27.4 Å². The van der Waals surface area contributed by atoms with Gasteiger partial charge in [-0.3, -0.25) is 9.59 Å². The molecule has 118 valence electrons. The molecule has 0 aliphatic carbocycles. The van der Waals surface area contributed by atoms with Crippen LogP contribution in [0.25, 0.3) is 0 Å². The molecule has 8 N–H and O–H groups in total. The summed E-state index contributed by atoms with van der Waals surface area (Å²) >= 11 is 0. The molecule has 0 saturated carbocycles. The Kier molecular flexibility index (Phi) is 9.78. The van der Waals surface area contributed by atoms with Gasteiger partial charge in [0.2, 0.25) is 0 Å². The van der Waals surface area contributed by atoms with Crippen LogP contribution in [0.15, 0.2) is 30.3 Å². The third-order valence-electron chi connectivity index (χ3n) is 2.71. The van der Waals surface area contributed by atoms with Gasteiger partial charge < -0.3 is 27.4 Å². The highest BCUT2D eigenvalue weighted by atomic mass is 16.4. The second-order valence-corrected chi connectivity index (χ2v) is 4.46. The average Bonchev–Trinajstić information content (AvgIpc) is 2.48. The molecular formula is C14H23N3O4. The number of aliphatic carboxylic acids is 2. The van der Waals surface area contributed by atoms with E-state index < -0.39 is 24.0 Å². The Balaban J connectivity index is 0.000000384. The van der Waals surface area contributed by atoms with Gasteiger partial charge in [-0.15, -0.1) is 0 Å². The first-order chi connectivity index (χ1) is 9.90. The summed E-state index contributed by atoms with van der Waals surface area (Å²) in [6.07, 6.45) is 2.16. The summed E-state index contributed by atoms with van der Waals surface area (Å²) in [6.45, 7) is 0.604. The van der Waals surface area contributed by atoms with E-state index in [1.165, 1.54) is 0 Å². The van der Waals surface area contributed by atoms with Gasteiger partial charge in [0.05, 0.1) is 0 Å². The predicted molar refractivity (Wildman–Crippen MR) is 79.5 cm³/mol. The van der Waals surface area contributed by atoms with Gasteiger partial charge in [-0.1, -0.05) is 36.8 Å². The fourth-order valence-corrected chi connectivity index (χ4v) is 1.44. The van der Waals surface area contributed by atoms with Crippen LogP contribution < -0.4 is 17.2 Å². The molecule has 2 atom stereocenters. The Hall–Kier alpha value is -1.96. The monoisotopic (exact) mass is 297 g/mol. The maximum Gasteiger partial charge on any atom is 0.325 e. The van der Waals surface area contributed by atoms with Crippen molar-refractivity contribution >= 4 is 11.9 Å². The third kappa shape index (κ3) is 8.74. The van der Waals surface area contributed by atoms with E-state index in [0.717, 1.165) is 12.8 Å². The van der Waals surface area contributed by atoms with Crippen LogP contribution in [0.5, 0.6) is 0 Å². The molecule has 21 heavy (non-hydrogen) atoms. The van der Waals surface area contributed by atoms with Crippen molar-refractivity contribution in [1.82, 2.24) is 0 Å². The number of hydrogen-bond donors (Lipinski definition) is 5. The van der Waals surface area contributed by atoms with Gasteiger partial charge in [0.1, 0.15) is 12.1 Å². The highest BCUT2D eigenvalue weighted by Gasteiger charge is 2.12. The lowest BCUT2D eigenvalue weighted by Crippen LogP contribution is -2.29. The van der Waals surface area contributed by atoms with Crippen LogP contribution >= 0.6 is 0 Å². The molecule has 0 bridgehead atoms. The van der Waals surface area contributed by atoms with Crippen LogP contribution in [0.4, 0.5) is 0 Å². The zero-order valence-electron chi connectivity index (χ0n) is 11.8. The van der Waals surface area contributed by atoms with Gasteiger partial charge in [0.25, 0.3) is 0 Å². The van der Waals surface area contributed by atoms with Crippen LogP contribution in [0.2, 0.25) is 0 Å². The van der Waals surface area contributed by atoms with Crippen LogP contribution in [0.1, 0.15) is 30.9 Å². The molecule has 7 nitrogen and oxygen atoms in total. The number of rotatable bonds is 7. The summed E-state index contributed by atoms with van der Waals surface area (Å²) in [5.74, 6) is -1.94. The molecule has 0 radical (unpaired) electrons. The van der Waals surface area contributed by atoms with E-state index in [9.17, 15) is 9.59 Å². The lowest BCUT2D eigenvalue weighted by atomic mass is 10.1. The Morgan fingerprint density at radius 2 is 1.57 bits per heavy atom. The summed E-state index contributed by atoms with van der Waals surface area (Å²) < 4.78 is 0. The van der Waals surface area contributed by atoms with Crippen LogP contribution in [0, 0.1) is 0 Å². The maximum atomic E-state index is 10.4. The second-order valence-electron chi connectivity index (χ2n) is 4.46. The number of hydrogen-bond acceptors (Lipinski definition) is 5. The van der Waals surface area contributed by atoms with Crippen molar-refractivity contribution in [3.05, 3.63) is 35.9 Å². The van der Waals surface area contributed by atoms with Crippen molar-refractivity contribution in [1.29, 1.82) is 0 Å². The molecule has 0 saturated heterocycles. The SMILES string of the molecule is NC(C(=O)O)c1ccccc1.NCCCCC(N)C(=O)O. The molecule has 2 unspecified atom stereocenters. The normalized spacial score (nSPS) is 12.7. The Morgan fingerprint density at radius 3 is 2.00 bits per heavy atom. The zero-order chi connectivity index (χ0) is 16.3. The van der Waals surface area contributed by atoms with E-state index in [1.807, 2.05) is 6.07 Å². The van der Waals surface area contributed by atoms with Crippen LogP contribution in [-0.4, -0.2) is 34.7 Å². The van der Waals surface area contributed by atoms with E-state index in [2.05, 4.69) is 0 Å². The van der Waals surface area contributed by atoms with Crippen molar-refractivity contribution in [3.8, 4) is 0 Å². The summed E-state index contributed by atoms with van der Waals surface area (Å²) in [6, 6.07) is 7.11. The molecule has 1 rings (SSSR count). The van der Waals surface area contributed by atoms with Crippen molar-refractivity contribution in [3.63, 3.8) is 0 Å². The van der Waals surface area contributed by atoms with E-state index in [0.29, 0.717) is 18.5 Å². The zero-order valence-corrected chi connectivity index (χ0v) is 11.8. The van der Waals surface area contributed by atoms with Gasteiger partial charge in [0, 0.05) is 0 Å². The number of carboxylic acids is 2. The Bertz CT molecular complexity index is 425. The summed E-state index contributed by atoms with van der Waals surface area (Å²) in [5.41, 5.74) is 16.4. The minimum absolute atomic E-state index is 0.520. The standard InChI is InChI=1S/C8H9NO2.C6H14N2O2/c9-7(8(10)11)6-4-2-1-3-5-6;7-4-2-1-3-5(8)6(9)10/h1-5,7H,9H2,(H,10,11);5H,1-4,7-8H2,(H,9,10). The fourth-order valence-electron chi connectivity index (χ4n) is 1.44. The molecule has 0 spiro atoms. The molecule has 0 heterocycles. The summed E-state index contributed by atoms with van der Waals surface area (Å²) in [7, 11) is 0. The molecular weight excluding hydrogens is 274 g/mol. The highest BCUT2D eigenvalue weighted by Crippen LogP contribution is 2.08. The van der Waals surface area contributed by atoms with Crippen molar-refractivity contribution in [2.24, 2.45) is 17.2 Å². The second kappa shape index (κ2) is 10.8. The average molecular weight is 297 g/mol. The van der Waals surface area contributed by atoms with E-state index in [1.54, 1.807) is 24.3 Å². The topological polar surface area (TPSA) is 153 Å². The first-order valence-electron chi connectivity index (χ1n) is 6.62. The van der Waals surface area contributed by atoms with Gasteiger partial charge in [-0.25, -0.2) is 0 Å². The molecule has 0 aliphatic rings. The molecule has 0 fully saturated rings. The smallest absolute Gasteiger partial charge is 0.325 e. The van der Waals surface area contributed by atoms with Gasteiger partial charge >= 0.3 is 11.9 Å². The lowest BCUT2D eigenvalue weighted by Gasteiger charge is -2.04. The molecule has 0 aliphatic heterocycles. The highest BCUT2D eigenvalue weighted by molar-refractivity contribution is 5.75. The fraction of sp³-hybridized carbons (Fsp3) is 0.429. The van der Waals surface area contributed by atoms with Crippen LogP contribution in [0.3, 0.4) is 0 Å². The molecule has 0 aromatic heterocycles. The number of nitrogens with two attached hydrogens (primary N) is 3. The van der Waals surface area contributed by atoms with Crippen molar-refractivity contribution in [2.75, 3.05) is 6.54 Å². The molecule has 1 aromatic rings. The number of carboxylic acid groups (broad SMARTS) is 2. The molecule has 7 heteroatoms. The van der Waals surface area contributed by atoms with Gasteiger partial charge in [-0.05, 0) is 24.9 Å². The number of unbranched alkanes of at least 4 members (excludes halogenated alkanes) is 1. The lowest BCUT2D eigenvalue weighted by molar-refractivity contribution is -0.139. The van der Waals surface area contributed by atoms with E-state index in [-0.39, 0.29) is 0 Å². The predicted octanol–water partition coefficient (Wildman–Crippen LogP) is 0.298. The van der Waals surface area contributed by atoms with E-state index >= 15 is 0 Å². The largest absolute Gasteiger partial charge is 0.480 e. The van der Waals surface area contributed by atoms with Crippen LogP contribution in [-0.2, 0) is 9.59 Å². The maximum absolute atomic E-state index is 10.4. The molecule has 1 aromatic carbocycles. The third-order valence-corrected chi connectivity index (χ3v) is 2.71. The summed E-state index contributed by atoms with van der Waals surface area (Å²) in [4.78, 5) is 20.5. The van der Waals surface area contributed by atoms with Gasteiger partial charge in [0.15, 0.2) is 0 Å². The van der Waals surface area contributed by atoms with Gasteiger partial charge in [-0.2, -0.15) is 0 Å². The quantitative estimate of drug-likeness (QED) is 0.453. The van der Waals surface area contributed by atoms with Crippen molar-refractivity contribution < 1.29 is 19.8 Å². The van der Waals surface area contributed by atoms with Crippen molar-refractivity contribution in [2.45, 2.75) is 31.3 Å². The Morgan fingerprint density at radius 1 is 1.00 bits per heavy atom. The first kappa shape index (κ1) is 19.0. The number of carbonyl (C=O) groups is 2. The summed E-state index contributed by atoms with van der Waals surface area (Å²) in [5, 5.41) is 16.8. The number of benzene rings is 1. The minimum Gasteiger partial charge on any atom is -0.480 e. The molecule has 0 amide bonds.